The van der Waals surface area contributed by atoms with Gasteiger partial charge in [0.1, 0.15) is 0 Å². The Bertz CT molecular complexity index is 480. The summed E-state index contributed by atoms with van der Waals surface area (Å²) in [6, 6.07) is 0. The van der Waals surface area contributed by atoms with Gasteiger partial charge >= 0.3 is 0 Å². The van der Waals surface area contributed by atoms with Crippen LogP contribution in [-0.2, 0) is 0 Å². The van der Waals surface area contributed by atoms with Crippen LogP contribution in [0.3, 0.4) is 0 Å². The first-order chi connectivity index (χ1) is 6.61. The SMILES string of the molecule is CSc1nc2c(s1)=CC=CC(C)(C)C=2. The highest BCUT2D eigenvalue weighted by molar-refractivity contribution is 8.00. The molecule has 1 aliphatic rings. The van der Waals surface area contributed by atoms with Gasteiger partial charge in [-0.25, -0.2) is 4.98 Å². The predicted molar refractivity (Wildman–Crippen MR) is 65.0 cm³/mol. The van der Waals surface area contributed by atoms with Crippen molar-refractivity contribution >= 4 is 35.3 Å². The average molecular weight is 223 g/mol. The number of thiazole rings is 1. The van der Waals surface area contributed by atoms with Crippen molar-refractivity contribution in [3.63, 3.8) is 0 Å². The van der Waals surface area contributed by atoms with Crippen molar-refractivity contribution < 1.29 is 0 Å². The standard InChI is InChI=1S/C11H13NS2/c1-11(2)6-4-5-9-8(7-11)12-10(13-3)14-9/h4-7H,1-3H3. The highest BCUT2D eigenvalue weighted by atomic mass is 32.2. The van der Waals surface area contributed by atoms with E-state index in [0.717, 1.165) is 9.69 Å². The topological polar surface area (TPSA) is 12.9 Å². The Morgan fingerprint density at radius 3 is 2.93 bits per heavy atom. The van der Waals surface area contributed by atoms with E-state index >= 15 is 0 Å². The molecule has 1 aromatic rings. The molecule has 0 saturated carbocycles. The molecule has 1 aromatic heterocycles. The van der Waals surface area contributed by atoms with Crippen LogP contribution in [0.4, 0.5) is 0 Å². The van der Waals surface area contributed by atoms with Gasteiger partial charge in [0.15, 0.2) is 4.34 Å². The fraction of sp³-hybridized carbons (Fsp3) is 0.364. The van der Waals surface area contributed by atoms with Gasteiger partial charge in [0.2, 0.25) is 0 Å². The third-order valence-electron chi connectivity index (χ3n) is 2.12. The molecule has 74 valence electrons. The van der Waals surface area contributed by atoms with Gasteiger partial charge in [-0.1, -0.05) is 37.8 Å². The Morgan fingerprint density at radius 1 is 1.43 bits per heavy atom. The zero-order valence-electron chi connectivity index (χ0n) is 8.57. The van der Waals surface area contributed by atoms with Gasteiger partial charge < -0.3 is 0 Å². The maximum atomic E-state index is 4.58. The van der Waals surface area contributed by atoms with E-state index in [2.05, 4.69) is 49.4 Å². The number of hydrogen-bond acceptors (Lipinski definition) is 3. The highest BCUT2D eigenvalue weighted by Gasteiger charge is 2.12. The van der Waals surface area contributed by atoms with E-state index in [1.165, 1.54) is 4.53 Å². The molecule has 0 fully saturated rings. The van der Waals surface area contributed by atoms with E-state index in [1.807, 2.05) is 0 Å². The summed E-state index contributed by atoms with van der Waals surface area (Å²) in [7, 11) is 0. The molecule has 0 aromatic carbocycles. The Morgan fingerprint density at radius 2 is 2.21 bits per heavy atom. The third-order valence-corrected chi connectivity index (χ3v) is 4.14. The van der Waals surface area contributed by atoms with Gasteiger partial charge in [-0.15, -0.1) is 11.3 Å². The van der Waals surface area contributed by atoms with Crippen molar-refractivity contribution in [1.82, 2.24) is 4.98 Å². The second-order valence-corrected chi connectivity index (χ2v) is 6.01. The normalized spacial score (nSPS) is 17.9. The van der Waals surface area contributed by atoms with E-state index in [4.69, 9.17) is 0 Å². The van der Waals surface area contributed by atoms with Crippen molar-refractivity contribution in [2.24, 2.45) is 5.41 Å². The number of allylic oxidation sites excluding steroid dienone is 2. The zero-order chi connectivity index (χ0) is 10.2. The van der Waals surface area contributed by atoms with Crippen LogP contribution in [-0.4, -0.2) is 11.2 Å². The maximum Gasteiger partial charge on any atom is 0.150 e. The van der Waals surface area contributed by atoms with Crippen molar-refractivity contribution in [2.75, 3.05) is 6.26 Å². The highest BCUT2D eigenvalue weighted by Crippen LogP contribution is 2.20. The van der Waals surface area contributed by atoms with Crippen molar-refractivity contribution in [2.45, 2.75) is 18.2 Å². The number of hydrogen-bond donors (Lipinski definition) is 0. The zero-order valence-corrected chi connectivity index (χ0v) is 10.2. The monoisotopic (exact) mass is 223 g/mol. The van der Waals surface area contributed by atoms with Gasteiger partial charge in [0.05, 0.1) is 9.88 Å². The molecule has 1 heterocycles. The molecule has 1 nitrogen and oxygen atoms in total. The second kappa shape index (κ2) is 3.55. The number of aromatic nitrogens is 1. The van der Waals surface area contributed by atoms with Gasteiger partial charge in [-0.3, -0.25) is 0 Å². The summed E-state index contributed by atoms with van der Waals surface area (Å²) >= 11 is 3.48. The molecular formula is C11H13NS2. The lowest BCUT2D eigenvalue weighted by Crippen LogP contribution is -2.22. The Hall–Kier alpha value is -0.540. The lowest BCUT2D eigenvalue weighted by Gasteiger charge is -2.11. The Balaban J connectivity index is 2.67. The van der Waals surface area contributed by atoms with Crippen LogP contribution >= 0.6 is 23.1 Å². The number of nitrogens with zero attached hydrogens (tertiary/aromatic N) is 1. The third kappa shape index (κ3) is 1.93. The molecule has 3 heteroatoms. The molecule has 0 amide bonds. The largest absolute Gasteiger partial charge is 0.230 e. The summed E-state index contributed by atoms with van der Waals surface area (Å²) in [6.07, 6.45) is 10.8. The number of rotatable bonds is 1. The number of thioether (sulfide) groups is 1. The van der Waals surface area contributed by atoms with E-state index in [9.17, 15) is 0 Å². The smallest absolute Gasteiger partial charge is 0.150 e. The quantitative estimate of drug-likeness (QED) is 0.676. The summed E-state index contributed by atoms with van der Waals surface area (Å²) in [6.45, 7) is 4.40. The van der Waals surface area contributed by atoms with Crippen LogP contribution < -0.4 is 9.88 Å². The van der Waals surface area contributed by atoms with Crippen LogP contribution in [0.15, 0.2) is 16.5 Å². The van der Waals surface area contributed by atoms with E-state index in [-0.39, 0.29) is 5.41 Å². The van der Waals surface area contributed by atoms with E-state index in [1.54, 1.807) is 23.1 Å². The molecule has 0 aliphatic heterocycles. The first kappa shape index (κ1) is 9.99. The molecule has 0 saturated heterocycles. The summed E-state index contributed by atoms with van der Waals surface area (Å²) < 4.78 is 2.42. The second-order valence-electron chi connectivity index (χ2n) is 3.92. The van der Waals surface area contributed by atoms with Gasteiger partial charge in [0.25, 0.3) is 0 Å². The molecule has 1 aliphatic carbocycles. The molecular weight excluding hydrogens is 210 g/mol. The van der Waals surface area contributed by atoms with Crippen LogP contribution in [0.2, 0.25) is 0 Å². The molecule has 0 radical (unpaired) electrons. The van der Waals surface area contributed by atoms with Gasteiger partial charge in [-0.05, 0) is 18.4 Å². The summed E-state index contributed by atoms with van der Waals surface area (Å²) in [4.78, 5) is 4.58. The minimum Gasteiger partial charge on any atom is -0.230 e. The molecule has 0 N–H and O–H groups in total. The Kier molecular flexibility index (Phi) is 2.54. The van der Waals surface area contributed by atoms with Crippen molar-refractivity contribution in [3.05, 3.63) is 22.0 Å². The Labute approximate surface area is 92.3 Å². The molecule has 0 unspecified atom stereocenters. The van der Waals surface area contributed by atoms with Gasteiger partial charge in [-0.2, -0.15) is 0 Å². The van der Waals surface area contributed by atoms with Crippen LogP contribution in [0.1, 0.15) is 13.8 Å². The maximum absolute atomic E-state index is 4.58. The van der Waals surface area contributed by atoms with Gasteiger partial charge in [0, 0.05) is 5.41 Å². The fourth-order valence-electron chi connectivity index (χ4n) is 1.42. The molecule has 14 heavy (non-hydrogen) atoms. The minimum absolute atomic E-state index is 0.117. The van der Waals surface area contributed by atoms with Crippen molar-refractivity contribution in [1.29, 1.82) is 0 Å². The molecule has 2 rings (SSSR count). The summed E-state index contributed by atoms with van der Waals surface area (Å²) in [5.41, 5.74) is 0.117. The lowest BCUT2D eigenvalue weighted by molar-refractivity contribution is 0.669. The molecule has 0 spiro atoms. The average Bonchev–Trinajstić information content (AvgIpc) is 2.41. The van der Waals surface area contributed by atoms with E-state index < -0.39 is 0 Å². The molecule has 0 atom stereocenters. The van der Waals surface area contributed by atoms with Crippen LogP contribution in [0.5, 0.6) is 0 Å². The predicted octanol–water partition coefficient (Wildman–Crippen LogP) is 2.02. The van der Waals surface area contributed by atoms with Crippen LogP contribution in [0.25, 0.3) is 12.2 Å². The summed E-state index contributed by atoms with van der Waals surface area (Å²) in [5, 5.41) is 1.13. The van der Waals surface area contributed by atoms with E-state index in [0.29, 0.717) is 0 Å². The minimum atomic E-state index is 0.117. The number of fused-ring (bicyclic) bond motifs is 1. The fourth-order valence-corrected chi connectivity index (χ4v) is 2.90. The molecule has 0 bridgehead atoms. The van der Waals surface area contributed by atoms with Crippen molar-refractivity contribution in [3.8, 4) is 0 Å². The first-order valence-electron chi connectivity index (χ1n) is 4.54. The first-order valence-corrected chi connectivity index (χ1v) is 6.58. The lowest BCUT2D eigenvalue weighted by atomic mass is 9.93. The van der Waals surface area contributed by atoms with Crippen LogP contribution in [0, 0.1) is 5.41 Å². The summed E-state index contributed by atoms with van der Waals surface area (Å²) in [5.74, 6) is 0.